The number of nitrogens with one attached hydrogen (secondary N) is 2. The highest BCUT2D eigenvalue weighted by atomic mass is 35.5. The van der Waals surface area contributed by atoms with Crippen LogP contribution >= 0.6 is 23.2 Å². The number of amides is 1. The highest BCUT2D eigenvalue weighted by molar-refractivity contribution is 7.91. The molecule has 2 N–H and O–H groups in total. The molecule has 10 nitrogen and oxygen atoms in total. The van der Waals surface area contributed by atoms with Crippen molar-refractivity contribution in [3.8, 4) is 22.4 Å². The Hall–Kier alpha value is -3.03. The summed E-state index contributed by atoms with van der Waals surface area (Å²) in [5.41, 5.74) is 1.86. The van der Waals surface area contributed by atoms with Crippen LogP contribution < -0.4 is 10.0 Å². The molecule has 0 saturated carbocycles. The zero-order valence-electron chi connectivity index (χ0n) is 19.9. The van der Waals surface area contributed by atoms with E-state index in [9.17, 15) is 21.6 Å². The zero-order chi connectivity index (χ0) is 27.2. The van der Waals surface area contributed by atoms with Crippen molar-refractivity contribution in [2.24, 2.45) is 0 Å². The zero-order valence-corrected chi connectivity index (χ0v) is 23.0. The van der Waals surface area contributed by atoms with Gasteiger partial charge in [0.05, 0.1) is 17.2 Å². The number of hydrogen-bond acceptors (Lipinski definition) is 7. The van der Waals surface area contributed by atoms with Gasteiger partial charge in [0.2, 0.25) is 5.03 Å². The maximum Gasteiger partial charge on any atom is 0.260 e. The number of benzene rings is 2. The molecule has 2 aromatic heterocycles. The summed E-state index contributed by atoms with van der Waals surface area (Å²) in [7, 11) is -6.32. The fourth-order valence-corrected chi connectivity index (χ4v) is 7.25. The molecule has 1 aliphatic heterocycles. The lowest BCUT2D eigenvalue weighted by molar-refractivity contribution is 0.0939. The molecular weight excluding hydrogens is 573 g/mol. The van der Waals surface area contributed by atoms with Crippen LogP contribution in [0.25, 0.3) is 28.0 Å². The van der Waals surface area contributed by atoms with E-state index in [1.807, 2.05) is 0 Å². The van der Waals surface area contributed by atoms with Gasteiger partial charge in [0.15, 0.2) is 15.5 Å². The third kappa shape index (κ3) is 4.90. The molecule has 14 heteroatoms. The lowest BCUT2D eigenvalue weighted by atomic mass is 10.0. The SMILES string of the molecule is CNS(=O)(=O)c1nn2c(-c3ccc(Cl)cc3)c(-c3ccccc3Cl)cnc2c1C(=O)NC1CCS(=O)(=O)C1. The molecule has 3 heterocycles. The van der Waals surface area contributed by atoms with Gasteiger partial charge in [-0.2, -0.15) is 5.10 Å². The fourth-order valence-electron chi connectivity index (χ4n) is 4.38. The Kier molecular flexibility index (Phi) is 6.95. The molecule has 5 rings (SSSR count). The molecule has 0 bridgehead atoms. The van der Waals surface area contributed by atoms with Crippen LogP contribution in [-0.2, 0) is 19.9 Å². The van der Waals surface area contributed by atoms with E-state index in [0.717, 1.165) is 0 Å². The second kappa shape index (κ2) is 9.93. The van der Waals surface area contributed by atoms with Crippen LogP contribution in [0.2, 0.25) is 10.0 Å². The van der Waals surface area contributed by atoms with Crippen molar-refractivity contribution >= 4 is 54.6 Å². The largest absolute Gasteiger partial charge is 0.348 e. The number of fused-ring (bicyclic) bond motifs is 1. The van der Waals surface area contributed by atoms with Crippen LogP contribution in [0.1, 0.15) is 16.8 Å². The van der Waals surface area contributed by atoms with Gasteiger partial charge >= 0.3 is 0 Å². The first-order valence-electron chi connectivity index (χ1n) is 11.4. The van der Waals surface area contributed by atoms with Crippen molar-refractivity contribution < 1.29 is 21.6 Å². The number of carbonyl (C=O) groups is 1. The molecule has 0 spiro atoms. The number of aromatic nitrogens is 3. The maximum atomic E-state index is 13.4. The highest BCUT2D eigenvalue weighted by Crippen LogP contribution is 2.37. The van der Waals surface area contributed by atoms with Crippen LogP contribution in [0, 0.1) is 0 Å². The molecular formula is C24H21Cl2N5O5S2. The van der Waals surface area contributed by atoms with E-state index in [2.05, 4.69) is 20.1 Å². The summed E-state index contributed by atoms with van der Waals surface area (Å²) in [6, 6.07) is 13.2. The van der Waals surface area contributed by atoms with Gasteiger partial charge in [-0.15, -0.1) is 0 Å². The minimum atomic E-state index is -4.23. The summed E-state index contributed by atoms with van der Waals surface area (Å²) in [6.07, 6.45) is 1.72. The minimum absolute atomic E-state index is 0.0297. The average Bonchev–Trinajstić information content (AvgIpc) is 3.44. The van der Waals surface area contributed by atoms with E-state index >= 15 is 0 Å². The number of carbonyl (C=O) groups excluding carboxylic acids is 1. The van der Waals surface area contributed by atoms with Crippen LogP contribution in [-0.4, -0.2) is 61.9 Å². The molecule has 1 saturated heterocycles. The first kappa shape index (κ1) is 26.6. The van der Waals surface area contributed by atoms with Crippen molar-refractivity contribution in [2.75, 3.05) is 18.6 Å². The Morgan fingerprint density at radius 1 is 1.08 bits per heavy atom. The van der Waals surface area contributed by atoms with Gasteiger partial charge in [-0.3, -0.25) is 4.79 Å². The van der Waals surface area contributed by atoms with Gasteiger partial charge in [0.1, 0.15) is 5.56 Å². The first-order chi connectivity index (χ1) is 18.0. The first-order valence-corrected chi connectivity index (χ1v) is 15.4. The molecule has 1 unspecified atom stereocenters. The quantitative estimate of drug-likeness (QED) is 0.350. The van der Waals surface area contributed by atoms with Crippen LogP contribution in [0.5, 0.6) is 0 Å². The molecule has 1 aliphatic rings. The van der Waals surface area contributed by atoms with E-state index in [-0.39, 0.29) is 29.1 Å². The van der Waals surface area contributed by atoms with Gasteiger partial charge in [-0.1, -0.05) is 53.5 Å². The van der Waals surface area contributed by atoms with Crippen molar-refractivity contribution in [3.05, 3.63) is 70.3 Å². The van der Waals surface area contributed by atoms with Gasteiger partial charge in [0, 0.05) is 39.0 Å². The Bertz CT molecular complexity index is 1790. The molecule has 4 aromatic rings. The van der Waals surface area contributed by atoms with Gasteiger partial charge in [-0.05, 0) is 31.7 Å². The molecule has 1 fully saturated rings. The summed E-state index contributed by atoms with van der Waals surface area (Å²) in [6.45, 7) is 0. The van der Waals surface area contributed by atoms with Crippen LogP contribution in [0.4, 0.5) is 0 Å². The second-order valence-corrected chi connectivity index (χ2v) is 13.6. The Balaban J connectivity index is 1.79. The number of hydrogen-bond donors (Lipinski definition) is 2. The molecule has 1 amide bonds. The lowest BCUT2D eigenvalue weighted by Crippen LogP contribution is -2.36. The molecule has 38 heavy (non-hydrogen) atoms. The molecule has 1 atom stereocenters. The van der Waals surface area contributed by atoms with Gasteiger partial charge in [0.25, 0.3) is 15.9 Å². The number of sulfonamides is 1. The Morgan fingerprint density at radius 2 is 1.79 bits per heavy atom. The van der Waals surface area contributed by atoms with Crippen molar-refractivity contribution in [1.29, 1.82) is 0 Å². The minimum Gasteiger partial charge on any atom is -0.348 e. The molecule has 0 aliphatic carbocycles. The van der Waals surface area contributed by atoms with E-state index < -0.39 is 36.8 Å². The smallest absolute Gasteiger partial charge is 0.260 e. The number of nitrogens with zero attached hydrogens (tertiary/aromatic N) is 3. The van der Waals surface area contributed by atoms with Crippen molar-refractivity contribution in [2.45, 2.75) is 17.5 Å². The van der Waals surface area contributed by atoms with E-state index in [1.165, 1.54) is 17.8 Å². The highest BCUT2D eigenvalue weighted by Gasteiger charge is 2.35. The third-order valence-corrected chi connectivity index (χ3v) is 9.89. The van der Waals surface area contributed by atoms with E-state index in [4.69, 9.17) is 23.2 Å². The Morgan fingerprint density at radius 3 is 2.42 bits per heavy atom. The summed E-state index contributed by atoms with van der Waals surface area (Å²) < 4.78 is 53.3. The topological polar surface area (TPSA) is 140 Å². The Labute approximate surface area is 229 Å². The van der Waals surface area contributed by atoms with Gasteiger partial charge in [-0.25, -0.2) is 31.1 Å². The standard InChI is InChI=1S/C24H21Cl2N5O5S2/c1-27-38(35,36)24-20(23(32)29-16-10-11-37(33,34)13-16)22-28-12-18(17-4-2-3-5-19(17)26)21(31(22)30-24)14-6-8-15(25)9-7-14/h2-9,12,16,27H,10-11,13H2,1H3,(H,29,32). The van der Waals surface area contributed by atoms with E-state index in [1.54, 1.807) is 48.5 Å². The molecule has 0 radical (unpaired) electrons. The normalized spacial score (nSPS) is 17.1. The number of rotatable bonds is 6. The fraction of sp³-hybridized carbons (Fsp3) is 0.208. The predicted octanol–water partition coefficient (Wildman–Crippen LogP) is 3.20. The van der Waals surface area contributed by atoms with Crippen LogP contribution in [0.15, 0.2) is 59.8 Å². The molecule has 198 valence electrons. The molecule has 2 aromatic carbocycles. The van der Waals surface area contributed by atoms with Gasteiger partial charge < -0.3 is 5.32 Å². The van der Waals surface area contributed by atoms with Crippen molar-refractivity contribution in [1.82, 2.24) is 24.6 Å². The third-order valence-electron chi connectivity index (χ3n) is 6.21. The van der Waals surface area contributed by atoms with Crippen LogP contribution in [0.3, 0.4) is 0 Å². The number of sulfone groups is 1. The summed E-state index contributed by atoms with van der Waals surface area (Å²) in [5.74, 6) is -1.09. The number of halogens is 2. The summed E-state index contributed by atoms with van der Waals surface area (Å²) in [5, 5.41) is 7.36. The summed E-state index contributed by atoms with van der Waals surface area (Å²) in [4.78, 5) is 17.9. The average molecular weight is 595 g/mol. The van der Waals surface area contributed by atoms with E-state index in [0.29, 0.717) is 32.4 Å². The van der Waals surface area contributed by atoms with Crippen molar-refractivity contribution in [3.63, 3.8) is 0 Å². The maximum absolute atomic E-state index is 13.4. The summed E-state index contributed by atoms with van der Waals surface area (Å²) >= 11 is 12.6. The lowest BCUT2D eigenvalue weighted by Gasteiger charge is -2.14. The predicted molar refractivity (Wildman–Crippen MR) is 145 cm³/mol. The monoisotopic (exact) mass is 593 g/mol. The second-order valence-electron chi connectivity index (χ2n) is 8.70.